The first kappa shape index (κ1) is 21.2. The number of benzene rings is 1. The van der Waals surface area contributed by atoms with Gasteiger partial charge in [-0.2, -0.15) is 0 Å². The molecular formula is C18H24ClN3O4S. The summed E-state index contributed by atoms with van der Waals surface area (Å²) in [5.74, 6) is -2.01. The summed E-state index contributed by atoms with van der Waals surface area (Å²) < 4.78 is 27.5. The fourth-order valence-electron chi connectivity index (χ4n) is 3.34. The second-order valence-electron chi connectivity index (χ2n) is 6.78. The zero-order valence-electron chi connectivity index (χ0n) is 14.8. The minimum absolute atomic E-state index is 0. The summed E-state index contributed by atoms with van der Waals surface area (Å²) >= 11 is 0. The number of nitrogens with one attached hydrogen (secondary N) is 2. The monoisotopic (exact) mass is 413 g/mol. The third kappa shape index (κ3) is 4.27. The summed E-state index contributed by atoms with van der Waals surface area (Å²) in [7, 11) is -4.12. The van der Waals surface area contributed by atoms with Gasteiger partial charge in [0.25, 0.3) is 10.0 Å². The smallest absolute Gasteiger partial charge is 0.266 e. The first-order valence-electron chi connectivity index (χ1n) is 8.74. The van der Waals surface area contributed by atoms with E-state index in [1.165, 1.54) is 6.07 Å². The molecule has 0 unspecified atom stereocenters. The number of carbonyl (C=O) groups excluding carboxylic acids is 2. The van der Waals surface area contributed by atoms with Crippen molar-refractivity contribution >= 4 is 39.9 Å². The van der Waals surface area contributed by atoms with Gasteiger partial charge in [-0.1, -0.05) is 30.7 Å². The van der Waals surface area contributed by atoms with Crippen molar-refractivity contribution in [3.8, 4) is 0 Å². The summed E-state index contributed by atoms with van der Waals surface area (Å²) in [5, 5.41) is 3.12. The number of primary amides is 1. The van der Waals surface area contributed by atoms with E-state index < -0.39 is 27.3 Å². The number of amides is 2. The van der Waals surface area contributed by atoms with E-state index in [4.69, 9.17) is 5.73 Å². The van der Waals surface area contributed by atoms with E-state index in [1.54, 1.807) is 18.2 Å². The van der Waals surface area contributed by atoms with E-state index in [0.29, 0.717) is 12.2 Å². The van der Waals surface area contributed by atoms with Gasteiger partial charge in [0.05, 0.1) is 5.69 Å². The Morgan fingerprint density at radius 1 is 1.19 bits per heavy atom. The quantitative estimate of drug-likeness (QED) is 0.480. The van der Waals surface area contributed by atoms with E-state index >= 15 is 0 Å². The van der Waals surface area contributed by atoms with Crippen LogP contribution in [0.4, 0.5) is 5.69 Å². The predicted molar refractivity (Wildman–Crippen MR) is 105 cm³/mol. The Bertz CT molecular complexity index is 856. The van der Waals surface area contributed by atoms with Gasteiger partial charge < -0.3 is 11.1 Å². The molecule has 4 N–H and O–H groups in total. The van der Waals surface area contributed by atoms with Crippen molar-refractivity contribution in [2.45, 2.75) is 37.0 Å². The van der Waals surface area contributed by atoms with Crippen LogP contribution in [0.25, 0.3) is 0 Å². The summed E-state index contributed by atoms with van der Waals surface area (Å²) in [6, 6.07) is 6.40. The molecule has 1 aromatic carbocycles. The molecule has 27 heavy (non-hydrogen) atoms. The number of hydrogen-bond donors (Lipinski definition) is 3. The number of nitrogens with two attached hydrogens (primary N) is 1. The van der Waals surface area contributed by atoms with Crippen LogP contribution in [0.3, 0.4) is 0 Å². The summed E-state index contributed by atoms with van der Waals surface area (Å²) in [6.07, 6.45) is 7.72. The lowest BCUT2D eigenvalue weighted by atomic mass is 10.0. The lowest BCUT2D eigenvalue weighted by Gasteiger charge is -2.16. The van der Waals surface area contributed by atoms with Crippen LogP contribution in [0.1, 0.15) is 32.1 Å². The predicted octanol–water partition coefficient (Wildman–Crippen LogP) is 1.95. The molecule has 0 aromatic heterocycles. The van der Waals surface area contributed by atoms with Crippen LogP contribution < -0.4 is 15.8 Å². The number of fused-ring (bicyclic) bond motifs is 2. The molecule has 1 aromatic rings. The molecule has 1 aliphatic carbocycles. The molecule has 1 heterocycles. The van der Waals surface area contributed by atoms with Crippen molar-refractivity contribution < 1.29 is 18.0 Å². The minimum atomic E-state index is -4.12. The van der Waals surface area contributed by atoms with Crippen molar-refractivity contribution in [1.29, 1.82) is 0 Å². The second kappa shape index (κ2) is 8.31. The highest BCUT2D eigenvalue weighted by atomic mass is 35.5. The van der Waals surface area contributed by atoms with Crippen LogP contribution >= 0.6 is 12.4 Å². The van der Waals surface area contributed by atoms with E-state index in [9.17, 15) is 18.0 Å². The Kier molecular flexibility index (Phi) is 6.54. The number of halogens is 1. The maximum atomic E-state index is 12.7. The van der Waals surface area contributed by atoms with Crippen LogP contribution in [-0.4, -0.2) is 26.8 Å². The maximum Gasteiger partial charge on any atom is 0.266 e. The van der Waals surface area contributed by atoms with Gasteiger partial charge in [0.1, 0.15) is 10.3 Å². The number of rotatable bonds is 1. The topological polar surface area (TPSA) is 118 Å². The van der Waals surface area contributed by atoms with E-state index in [1.807, 2.05) is 12.2 Å². The highest BCUT2D eigenvalue weighted by Crippen LogP contribution is 2.53. The molecule has 9 heteroatoms. The number of allylic oxidation sites excluding steroid dienone is 2. The third-order valence-corrected chi connectivity index (χ3v) is 6.38. The Morgan fingerprint density at radius 3 is 2.67 bits per heavy atom. The molecule has 2 atom stereocenters. The largest absolute Gasteiger partial charge is 0.384 e. The van der Waals surface area contributed by atoms with Gasteiger partial charge in [0.2, 0.25) is 11.8 Å². The highest BCUT2D eigenvalue weighted by molar-refractivity contribution is 7.90. The van der Waals surface area contributed by atoms with Crippen molar-refractivity contribution in [1.82, 2.24) is 4.72 Å². The molecule has 1 fully saturated rings. The number of para-hydroxylation sites is 1. The van der Waals surface area contributed by atoms with E-state index in [0.717, 1.165) is 25.7 Å². The molecule has 3 rings (SSSR count). The van der Waals surface area contributed by atoms with E-state index in [-0.39, 0.29) is 29.6 Å². The molecule has 148 valence electrons. The van der Waals surface area contributed by atoms with Crippen molar-refractivity contribution in [3.05, 3.63) is 36.4 Å². The average Bonchev–Trinajstić information content (AvgIpc) is 3.32. The van der Waals surface area contributed by atoms with Gasteiger partial charge in [-0.25, -0.2) is 13.1 Å². The Morgan fingerprint density at radius 2 is 1.93 bits per heavy atom. The van der Waals surface area contributed by atoms with Crippen molar-refractivity contribution in [2.75, 3.05) is 11.9 Å². The lowest BCUT2D eigenvalue weighted by Crippen LogP contribution is -2.44. The number of hydrogen-bond acceptors (Lipinski definition) is 5. The molecule has 1 aliphatic heterocycles. The summed E-state index contributed by atoms with van der Waals surface area (Å²) in [6.45, 7) is 0.637. The van der Waals surface area contributed by atoms with Crippen LogP contribution in [0.5, 0.6) is 0 Å². The number of anilines is 1. The normalized spacial score (nSPS) is 28.4. The summed E-state index contributed by atoms with van der Waals surface area (Å²) in [5.41, 5.74) is 4.39. The van der Waals surface area contributed by atoms with Gasteiger partial charge in [0.15, 0.2) is 0 Å². The van der Waals surface area contributed by atoms with Crippen molar-refractivity contribution in [2.24, 2.45) is 17.1 Å². The molecule has 0 saturated heterocycles. The summed E-state index contributed by atoms with van der Waals surface area (Å²) in [4.78, 5) is 24.5. The SMILES string of the molecule is Cl.NC(=O)[C@@]12C[C@H]1/C=C\CCCCCNc1ccccc1S(=O)(=O)NC2=O. The van der Waals surface area contributed by atoms with Gasteiger partial charge in [-0.3, -0.25) is 9.59 Å². The van der Waals surface area contributed by atoms with Crippen LogP contribution in [-0.2, 0) is 19.6 Å². The Hall–Kier alpha value is -2.06. The fourth-order valence-corrected chi connectivity index (χ4v) is 4.56. The van der Waals surface area contributed by atoms with Gasteiger partial charge in [0, 0.05) is 12.5 Å². The first-order valence-corrected chi connectivity index (χ1v) is 10.2. The van der Waals surface area contributed by atoms with Crippen LogP contribution in [0.2, 0.25) is 0 Å². The Balaban J connectivity index is 0.00000261. The number of sulfonamides is 1. The van der Waals surface area contributed by atoms with Crippen LogP contribution in [0, 0.1) is 11.3 Å². The average molecular weight is 414 g/mol. The molecule has 0 radical (unpaired) electrons. The molecule has 0 bridgehead atoms. The molecule has 2 aliphatic rings. The van der Waals surface area contributed by atoms with Crippen LogP contribution in [0.15, 0.2) is 41.3 Å². The van der Waals surface area contributed by atoms with Gasteiger partial charge in [-0.05, 0) is 37.8 Å². The molecule has 1 saturated carbocycles. The van der Waals surface area contributed by atoms with Gasteiger partial charge in [-0.15, -0.1) is 12.4 Å². The lowest BCUT2D eigenvalue weighted by molar-refractivity contribution is -0.134. The molecular weight excluding hydrogens is 390 g/mol. The second-order valence-corrected chi connectivity index (χ2v) is 8.43. The third-order valence-electron chi connectivity index (χ3n) is 4.99. The standard InChI is InChI=1S/C18H23N3O4S.ClH/c19-16(22)18-12-13(18)8-4-2-1-3-7-11-20-14-9-5-6-10-15(14)26(24,25)21-17(18)23;/h4-6,8-10,13,20H,1-3,7,11-12H2,(H2,19,22)(H,21,23);1H/b8-4-;/t13-,18-;/m1./s1. The number of carbonyl (C=O) groups is 2. The maximum absolute atomic E-state index is 12.7. The fraction of sp³-hybridized carbons (Fsp3) is 0.444. The zero-order valence-corrected chi connectivity index (χ0v) is 16.4. The van der Waals surface area contributed by atoms with Crippen molar-refractivity contribution in [3.63, 3.8) is 0 Å². The minimum Gasteiger partial charge on any atom is -0.384 e. The molecule has 7 nitrogen and oxygen atoms in total. The zero-order chi connectivity index (χ0) is 18.8. The first-order chi connectivity index (χ1) is 12.4. The van der Waals surface area contributed by atoms with E-state index in [2.05, 4.69) is 10.0 Å². The molecule has 0 spiro atoms. The highest BCUT2D eigenvalue weighted by Gasteiger charge is 2.64. The Labute approximate surface area is 165 Å². The van der Waals surface area contributed by atoms with Gasteiger partial charge >= 0.3 is 0 Å². The molecule has 2 amide bonds.